The molecule has 154 valence electrons. The summed E-state index contributed by atoms with van der Waals surface area (Å²) >= 11 is 1.24. The summed E-state index contributed by atoms with van der Waals surface area (Å²) in [4.78, 5) is 31.3. The number of aromatic amines is 1. The van der Waals surface area contributed by atoms with Crippen molar-refractivity contribution in [3.8, 4) is 0 Å². The second-order valence-corrected chi connectivity index (χ2v) is 10.1. The van der Waals surface area contributed by atoms with Gasteiger partial charge in [-0.15, -0.1) is 0 Å². The molecule has 0 radical (unpaired) electrons. The number of fused-ring (bicyclic) bond motifs is 3. The number of thioether (sulfide) groups is 1. The van der Waals surface area contributed by atoms with E-state index in [9.17, 15) is 14.0 Å². The number of hydrogen-bond donors (Lipinski definition) is 1. The molecule has 1 aliphatic heterocycles. The highest BCUT2D eigenvalue weighted by molar-refractivity contribution is 8.15. The molecule has 0 spiro atoms. The number of carbonyl (C=O) groups is 2. The van der Waals surface area contributed by atoms with E-state index in [2.05, 4.69) is 4.98 Å². The number of amides is 1. The Morgan fingerprint density at radius 2 is 1.77 bits per heavy atom. The van der Waals surface area contributed by atoms with Gasteiger partial charge in [-0.3, -0.25) is 9.59 Å². The van der Waals surface area contributed by atoms with Gasteiger partial charge in [-0.2, -0.15) is 0 Å². The minimum absolute atomic E-state index is 0.0888. The fourth-order valence-corrected chi connectivity index (χ4v) is 4.43. The molecule has 0 saturated carbocycles. The maximum absolute atomic E-state index is 13.3. The van der Waals surface area contributed by atoms with Gasteiger partial charge in [0.25, 0.3) is 5.91 Å². The Morgan fingerprint density at radius 1 is 1.07 bits per heavy atom. The van der Waals surface area contributed by atoms with Gasteiger partial charge in [-0.25, -0.2) is 4.39 Å². The lowest BCUT2D eigenvalue weighted by molar-refractivity contribution is -0.106. The number of nitrogens with zero attached hydrogens (tertiary/aromatic N) is 1. The van der Waals surface area contributed by atoms with Crippen molar-refractivity contribution >= 4 is 39.3 Å². The molecule has 3 aromatic rings. The molecule has 4 nitrogen and oxygen atoms in total. The third-order valence-electron chi connectivity index (χ3n) is 4.94. The van der Waals surface area contributed by atoms with E-state index >= 15 is 0 Å². The van der Waals surface area contributed by atoms with Crippen LogP contribution in [0.15, 0.2) is 54.7 Å². The van der Waals surface area contributed by atoms with Gasteiger partial charge in [-0.05, 0) is 42.3 Å². The monoisotopic (exact) mass is 422 g/mol. The minimum atomic E-state index is -0.392. The number of halogens is 1. The van der Waals surface area contributed by atoms with Crippen LogP contribution in [0.4, 0.5) is 4.39 Å². The van der Waals surface area contributed by atoms with E-state index in [1.165, 1.54) is 36.0 Å². The number of rotatable bonds is 2. The van der Waals surface area contributed by atoms with Crippen molar-refractivity contribution in [2.24, 2.45) is 0 Å². The third-order valence-corrected chi connectivity index (χ3v) is 5.96. The molecule has 0 bridgehead atoms. The van der Waals surface area contributed by atoms with Crippen molar-refractivity contribution in [1.82, 2.24) is 9.88 Å². The molecule has 0 aliphatic carbocycles. The average molecular weight is 423 g/mol. The zero-order valence-electron chi connectivity index (χ0n) is 17.2. The van der Waals surface area contributed by atoms with Gasteiger partial charge in [0, 0.05) is 34.0 Å². The normalized spacial score (nSPS) is 14.3. The van der Waals surface area contributed by atoms with Gasteiger partial charge in [-0.1, -0.05) is 50.7 Å². The molecule has 4 rings (SSSR count). The number of para-hydroxylation sites is 1. The quantitative estimate of drug-likeness (QED) is 0.601. The van der Waals surface area contributed by atoms with E-state index in [1.807, 2.05) is 45.0 Å². The van der Waals surface area contributed by atoms with Crippen LogP contribution in [0, 0.1) is 5.82 Å². The summed E-state index contributed by atoms with van der Waals surface area (Å²) in [6.07, 6.45) is 2.26. The van der Waals surface area contributed by atoms with E-state index in [-0.39, 0.29) is 15.8 Å². The molecule has 1 N–H and O–H groups in total. The average Bonchev–Trinajstić information content (AvgIpc) is 2.94. The first-order valence-electron chi connectivity index (χ1n) is 9.84. The van der Waals surface area contributed by atoms with Crippen molar-refractivity contribution in [2.75, 3.05) is 6.54 Å². The maximum Gasteiger partial charge on any atom is 0.257 e. The van der Waals surface area contributed by atoms with Gasteiger partial charge < -0.3 is 9.88 Å². The van der Waals surface area contributed by atoms with E-state index in [4.69, 9.17) is 0 Å². The van der Waals surface area contributed by atoms with Gasteiger partial charge >= 0.3 is 0 Å². The van der Waals surface area contributed by atoms with Crippen LogP contribution < -0.4 is 0 Å². The molecule has 1 aliphatic rings. The molecule has 2 heterocycles. The standard InChI is InChI=1S/C24H23FN2O2S/c1-24(2,3)30-23(29)19-14-27(22(28)15-8-10-16(25)11-9-15)13-12-18-17-6-4-5-7-20(17)26-21(18)19/h4-11,14,26H,12-13H2,1-3H3. The van der Waals surface area contributed by atoms with E-state index < -0.39 is 5.82 Å². The van der Waals surface area contributed by atoms with Gasteiger partial charge in [0.05, 0.1) is 11.3 Å². The summed E-state index contributed by atoms with van der Waals surface area (Å²) in [6, 6.07) is 13.4. The molecular weight excluding hydrogens is 399 g/mol. The first-order valence-corrected chi connectivity index (χ1v) is 10.7. The Morgan fingerprint density at radius 3 is 2.47 bits per heavy atom. The molecule has 1 aromatic heterocycles. The number of benzene rings is 2. The van der Waals surface area contributed by atoms with Crippen molar-refractivity contribution in [1.29, 1.82) is 0 Å². The van der Waals surface area contributed by atoms with Crippen LogP contribution in [-0.2, 0) is 11.2 Å². The molecule has 0 atom stereocenters. The van der Waals surface area contributed by atoms with Crippen molar-refractivity contribution in [3.05, 3.63) is 77.4 Å². The second kappa shape index (κ2) is 7.76. The fraction of sp³-hybridized carbons (Fsp3) is 0.250. The topological polar surface area (TPSA) is 53.2 Å². The van der Waals surface area contributed by atoms with Crippen molar-refractivity contribution in [2.45, 2.75) is 31.9 Å². The van der Waals surface area contributed by atoms with Gasteiger partial charge in [0.2, 0.25) is 5.12 Å². The Balaban J connectivity index is 1.79. The summed E-state index contributed by atoms with van der Waals surface area (Å²) in [7, 11) is 0. The lowest BCUT2D eigenvalue weighted by atomic mass is 10.0. The Kier molecular flexibility index (Phi) is 5.28. The summed E-state index contributed by atoms with van der Waals surface area (Å²) in [5, 5.41) is 0.970. The summed E-state index contributed by atoms with van der Waals surface area (Å²) in [5.74, 6) is -0.646. The van der Waals surface area contributed by atoms with Gasteiger partial charge in [0.1, 0.15) is 5.82 Å². The van der Waals surface area contributed by atoms with Crippen LogP contribution in [0.3, 0.4) is 0 Å². The van der Waals surface area contributed by atoms with Gasteiger partial charge in [0.15, 0.2) is 0 Å². The van der Waals surface area contributed by atoms with Crippen LogP contribution in [0.25, 0.3) is 16.5 Å². The van der Waals surface area contributed by atoms with Crippen LogP contribution in [0.2, 0.25) is 0 Å². The molecule has 0 saturated heterocycles. The minimum Gasteiger partial charge on any atom is -0.354 e. The SMILES string of the molecule is CC(C)(C)SC(=O)C1=CN(C(=O)c2ccc(F)cc2)CCc2c1[nH]c1ccccc21. The number of H-pyrrole nitrogens is 1. The molecule has 0 fully saturated rings. The first-order chi connectivity index (χ1) is 14.2. The zero-order valence-corrected chi connectivity index (χ0v) is 18.0. The molecule has 2 aromatic carbocycles. The predicted octanol–water partition coefficient (Wildman–Crippen LogP) is 5.40. The number of nitrogens with one attached hydrogen (secondary N) is 1. The van der Waals surface area contributed by atoms with Crippen LogP contribution in [0.5, 0.6) is 0 Å². The molecule has 0 unspecified atom stereocenters. The first kappa shape index (κ1) is 20.4. The Bertz CT molecular complexity index is 1160. The highest BCUT2D eigenvalue weighted by Gasteiger charge is 2.29. The van der Waals surface area contributed by atoms with Crippen LogP contribution >= 0.6 is 11.8 Å². The summed E-state index contributed by atoms with van der Waals surface area (Å²) in [6.45, 7) is 6.39. The summed E-state index contributed by atoms with van der Waals surface area (Å²) < 4.78 is 13.0. The lowest BCUT2D eigenvalue weighted by Gasteiger charge is -2.19. The van der Waals surface area contributed by atoms with Crippen LogP contribution in [-0.4, -0.2) is 32.2 Å². The smallest absolute Gasteiger partial charge is 0.257 e. The molecule has 1 amide bonds. The highest BCUT2D eigenvalue weighted by atomic mass is 32.2. The zero-order chi connectivity index (χ0) is 21.5. The number of carbonyl (C=O) groups excluding carboxylic acids is 2. The molecule has 6 heteroatoms. The number of aromatic nitrogens is 1. The largest absolute Gasteiger partial charge is 0.354 e. The summed E-state index contributed by atoms with van der Waals surface area (Å²) in [5.41, 5.74) is 3.65. The maximum atomic E-state index is 13.3. The van der Waals surface area contributed by atoms with Crippen molar-refractivity contribution < 1.29 is 14.0 Å². The molecular formula is C24H23FN2O2S. The van der Waals surface area contributed by atoms with E-state index in [0.717, 1.165) is 22.2 Å². The third kappa shape index (κ3) is 4.05. The van der Waals surface area contributed by atoms with Crippen molar-refractivity contribution in [3.63, 3.8) is 0 Å². The molecule has 30 heavy (non-hydrogen) atoms. The fourth-order valence-electron chi connectivity index (χ4n) is 3.61. The Hall–Kier alpha value is -2.86. The van der Waals surface area contributed by atoms with E-state index in [0.29, 0.717) is 24.1 Å². The lowest BCUT2D eigenvalue weighted by Crippen LogP contribution is -2.28. The highest BCUT2D eigenvalue weighted by Crippen LogP contribution is 2.36. The van der Waals surface area contributed by atoms with E-state index in [1.54, 1.807) is 11.1 Å². The Labute approximate surface area is 179 Å². The second-order valence-electron chi connectivity index (χ2n) is 8.32. The van der Waals surface area contributed by atoms with Crippen LogP contribution in [0.1, 0.15) is 42.4 Å². The predicted molar refractivity (Wildman–Crippen MR) is 120 cm³/mol. The number of hydrogen-bond acceptors (Lipinski definition) is 3.